The number of benzene rings is 1. The Labute approximate surface area is 111 Å². The number of aryl methyl sites for hydroxylation is 3. The molecule has 100 valence electrons. The van der Waals surface area contributed by atoms with Crippen LogP contribution in [0.1, 0.15) is 42.4 Å². The van der Waals surface area contributed by atoms with Gasteiger partial charge in [-0.3, -0.25) is 0 Å². The summed E-state index contributed by atoms with van der Waals surface area (Å²) in [5, 5.41) is 3.73. The van der Waals surface area contributed by atoms with Gasteiger partial charge in [0.25, 0.3) is 0 Å². The summed E-state index contributed by atoms with van der Waals surface area (Å²) in [5.74, 6) is 0. The zero-order chi connectivity index (χ0) is 13.1. The molecular formula is C16H25NO. The Kier molecular flexibility index (Phi) is 4.28. The highest BCUT2D eigenvalue weighted by molar-refractivity contribution is 5.58. The average molecular weight is 247 g/mol. The smallest absolute Gasteiger partial charge is 0.0572 e. The fourth-order valence-corrected chi connectivity index (χ4v) is 3.05. The minimum atomic E-state index is 0.475. The molecule has 2 nitrogen and oxygen atoms in total. The van der Waals surface area contributed by atoms with E-state index in [0.29, 0.717) is 12.1 Å². The third-order valence-corrected chi connectivity index (χ3v) is 4.03. The van der Waals surface area contributed by atoms with Crippen LogP contribution in [-0.2, 0) is 4.74 Å². The Morgan fingerprint density at radius 1 is 1.00 bits per heavy atom. The lowest BCUT2D eigenvalue weighted by Gasteiger charge is -2.30. The van der Waals surface area contributed by atoms with Crippen LogP contribution in [0.2, 0.25) is 0 Å². The van der Waals surface area contributed by atoms with Crippen molar-refractivity contribution in [3.8, 4) is 0 Å². The van der Waals surface area contributed by atoms with Crippen LogP contribution in [0.3, 0.4) is 0 Å². The van der Waals surface area contributed by atoms with Gasteiger partial charge in [0, 0.05) is 18.8 Å². The predicted molar refractivity (Wildman–Crippen MR) is 77.3 cm³/mol. The first-order valence-corrected chi connectivity index (χ1v) is 6.97. The first-order chi connectivity index (χ1) is 8.60. The predicted octanol–water partition coefficient (Wildman–Crippen LogP) is 3.98. The van der Waals surface area contributed by atoms with E-state index in [0.717, 1.165) is 0 Å². The lowest BCUT2D eigenvalue weighted by Crippen LogP contribution is -2.29. The van der Waals surface area contributed by atoms with Crippen molar-refractivity contribution >= 4 is 5.69 Å². The summed E-state index contributed by atoms with van der Waals surface area (Å²) in [6.45, 7) is 6.56. The summed E-state index contributed by atoms with van der Waals surface area (Å²) in [7, 11) is 1.83. The van der Waals surface area contributed by atoms with Gasteiger partial charge in [-0.2, -0.15) is 0 Å². The zero-order valence-corrected chi connectivity index (χ0v) is 12.0. The Morgan fingerprint density at radius 3 is 2.06 bits per heavy atom. The van der Waals surface area contributed by atoms with Crippen molar-refractivity contribution in [1.29, 1.82) is 0 Å². The summed E-state index contributed by atoms with van der Waals surface area (Å²) in [6, 6.07) is 5.13. The number of ether oxygens (including phenoxy) is 1. The highest BCUT2D eigenvalue weighted by Crippen LogP contribution is 2.28. The van der Waals surface area contributed by atoms with Crippen molar-refractivity contribution in [1.82, 2.24) is 0 Å². The van der Waals surface area contributed by atoms with Crippen molar-refractivity contribution in [2.24, 2.45) is 0 Å². The van der Waals surface area contributed by atoms with E-state index in [4.69, 9.17) is 4.74 Å². The van der Waals surface area contributed by atoms with E-state index in [2.05, 4.69) is 38.2 Å². The number of methoxy groups -OCH3 is 1. The molecule has 0 heterocycles. The number of nitrogens with one attached hydrogen (secondary N) is 1. The van der Waals surface area contributed by atoms with Crippen molar-refractivity contribution in [2.45, 2.75) is 58.6 Å². The van der Waals surface area contributed by atoms with Crippen LogP contribution in [0.15, 0.2) is 12.1 Å². The van der Waals surface area contributed by atoms with Gasteiger partial charge in [-0.1, -0.05) is 17.7 Å². The number of anilines is 1. The van der Waals surface area contributed by atoms with Crippen molar-refractivity contribution < 1.29 is 4.74 Å². The van der Waals surface area contributed by atoms with Crippen molar-refractivity contribution in [3.63, 3.8) is 0 Å². The number of hydrogen-bond donors (Lipinski definition) is 1. The Hall–Kier alpha value is -1.02. The monoisotopic (exact) mass is 247 g/mol. The number of hydrogen-bond acceptors (Lipinski definition) is 2. The minimum Gasteiger partial charge on any atom is -0.382 e. The van der Waals surface area contributed by atoms with E-state index in [1.165, 1.54) is 48.1 Å². The molecule has 1 aromatic rings. The summed E-state index contributed by atoms with van der Waals surface area (Å²) in [4.78, 5) is 0. The molecule has 0 aromatic heterocycles. The van der Waals surface area contributed by atoms with E-state index in [9.17, 15) is 0 Å². The Morgan fingerprint density at radius 2 is 1.56 bits per heavy atom. The SMILES string of the molecule is COC1CCC(Nc2c(C)cc(C)cc2C)CC1. The summed E-state index contributed by atoms with van der Waals surface area (Å²) < 4.78 is 5.43. The van der Waals surface area contributed by atoms with Gasteiger partial charge in [0.1, 0.15) is 0 Å². The van der Waals surface area contributed by atoms with Gasteiger partial charge in [-0.15, -0.1) is 0 Å². The molecule has 1 aliphatic rings. The zero-order valence-electron chi connectivity index (χ0n) is 12.0. The summed E-state index contributed by atoms with van der Waals surface area (Å²) in [5.41, 5.74) is 5.41. The molecule has 0 amide bonds. The van der Waals surface area contributed by atoms with Gasteiger partial charge in [-0.25, -0.2) is 0 Å². The Balaban J connectivity index is 2.02. The summed E-state index contributed by atoms with van der Waals surface area (Å²) in [6.07, 6.45) is 5.26. The van der Waals surface area contributed by atoms with Gasteiger partial charge in [0.05, 0.1) is 6.10 Å². The van der Waals surface area contributed by atoms with Crippen LogP contribution in [0.5, 0.6) is 0 Å². The third kappa shape index (κ3) is 3.05. The van der Waals surface area contributed by atoms with Gasteiger partial charge in [-0.05, 0) is 57.6 Å². The maximum atomic E-state index is 5.43. The van der Waals surface area contributed by atoms with Gasteiger partial charge in [0.15, 0.2) is 0 Å². The molecule has 0 bridgehead atoms. The second-order valence-electron chi connectivity index (χ2n) is 5.63. The third-order valence-electron chi connectivity index (χ3n) is 4.03. The molecule has 18 heavy (non-hydrogen) atoms. The molecule has 0 unspecified atom stereocenters. The van der Waals surface area contributed by atoms with Gasteiger partial charge in [0.2, 0.25) is 0 Å². The largest absolute Gasteiger partial charge is 0.382 e. The van der Waals surface area contributed by atoms with Crippen LogP contribution < -0.4 is 5.32 Å². The molecule has 1 fully saturated rings. The first kappa shape index (κ1) is 13.4. The Bertz CT molecular complexity index is 383. The lowest BCUT2D eigenvalue weighted by molar-refractivity contribution is 0.0682. The number of rotatable bonds is 3. The molecule has 2 heteroatoms. The van der Waals surface area contributed by atoms with Crippen LogP contribution in [-0.4, -0.2) is 19.3 Å². The average Bonchev–Trinajstić information content (AvgIpc) is 2.34. The van der Waals surface area contributed by atoms with Crippen LogP contribution in [0.4, 0.5) is 5.69 Å². The normalized spacial score (nSPS) is 24.0. The van der Waals surface area contributed by atoms with Crippen LogP contribution in [0, 0.1) is 20.8 Å². The molecule has 1 aromatic carbocycles. The van der Waals surface area contributed by atoms with Crippen LogP contribution >= 0.6 is 0 Å². The maximum Gasteiger partial charge on any atom is 0.0572 e. The van der Waals surface area contributed by atoms with Crippen molar-refractivity contribution in [3.05, 3.63) is 28.8 Å². The van der Waals surface area contributed by atoms with E-state index < -0.39 is 0 Å². The molecular weight excluding hydrogens is 222 g/mol. The second kappa shape index (κ2) is 5.75. The molecule has 1 aliphatic carbocycles. The second-order valence-corrected chi connectivity index (χ2v) is 5.63. The molecule has 0 saturated heterocycles. The van der Waals surface area contributed by atoms with Gasteiger partial charge >= 0.3 is 0 Å². The van der Waals surface area contributed by atoms with Gasteiger partial charge < -0.3 is 10.1 Å². The van der Waals surface area contributed by atoms with E-state index >= 15 is 0 Å². The minimum absolute atomic E-state index is 0.475. The molecule has 0 aliphatic heterocycles. The fourth-order valence-electron chi connectivity index (χ4n) is 3.05. The highest BCUT2D eigenvalue weighted by Gasteiger charge is 2.21. The standard InChI is InChI=1S/C16H25NO/c1-11-9-12(2)16(13(3)10-11)17-14-5-7-15(18-4)8-6-14/h9-10,14-15,17H,5-8H2,1-4H3. The van der Waals surface area contributed by atoms with E-state index in [-0.39, 0.29) is 0 Å². The quantitative estimate of drug-likeness (QED) is 0.872. The molecule has 2 rings (SSSR count). The maximum absolute atomic E-state index is 5.43. The molecule has 1 saturated carbocycles. The first-order valence-electron chi connectivity index (χ1n) is 6.97. The molecule has 0 radical (unpaired) electrons. The van der Waals surface area contributed by atoms with E-state index in [1.807, 2.05) is 7.11 Å². The molecule has 0 atom stereocenters. The van der Waals surface area contributed by atoms with Crippen molar-refractivity contribution in [2.75, 3.05) is 12.4 Å². The van der Waals surface area contributed by atoms with E-state index in [1.54, 1.807) is 0 Å². The lowest BCUT2D eigenvalue weighted by atomic mass is 9.92. The fraction of sp³-hybridized carbons (Fsp3) is 0.625. The highest BCUT2D eigenvalue weighted by atomic mass is 16.5. The van der Waals surface area contributed by atoms with Crippen LogP contribution in [0.25, 0.3) is 0 Å². The summed E-state index contributed by atoms with van der Waals surface area (Å²) >= 11 is 0. The topological polar surface area (TPSA) is 21.3 Å². The molecule has 0 spiro atoms. The molecule has 1 N–H and O–H groups in total.